The summed E-state index contributed by atoms with van der Waals surface area (Å²) in [6.45, 7) is 0. The number of ether oxygens (including phenoxy) is 1. The Morgan fingerprint density at radius 3 is 2.45 bits per heavy atom. The highest BCUT2D eigenvalue weighted by molar-refractivity contribution is 6.00. The van der Waals surface area contributed by atoms with Crippen molar-refractivity contribution in [3.8, 4) is 22.8 Å². The Kier molecular flexibility index (Phi) is 4.41. The Labute approximate surface area is 169 Å². The van der Waals surface area contributed by atoms with Crippen LogP contribution in [0.4, 0.5) is 5.82 Å². The SMILES string of the molecule is CNC1CC(n2nc(-c3ccc(Oc4ccccc4)cc3)c3c(N)nccc32)C1. The average Bonchev–Trinajstić information content (AvgIpc) is 3.09. The molecule has 3 N–H and O–H groups in total. The van der Waals surface area contributed by atoms with E-state index >= 15 is 0 Å². The summed E-state index contributed by atoms with van der Waals surface area (Å²) >= 11 is 0. The maximum Gasteiger partial charge on any atom is 0.135 e. The fourth-order valence-electron chi connectivity index (χ4n) is 3.92. The van der Waals surface area contributed by atoms with Gasteiger partial charge in [-0.25, -0.2) is 4.98 Å². The van der Waals surface area contributed by atoms with E-state index in [0.717, 1.165) is 46.5 Å². The van der Waals surface area contributed by atoms with Gasteiger partial charge in [0.05, 0.1) is 16.9 Å². The number of para-hydroxylation sites is 1. The standard InChI is InChI=1S/C23H23N5O/c1-25-16-13-17(14-16)28-20-11-12-26-23(24)21(20)22(27-28)15-7-9-19(10-8-15)29-18-5-3-2-4-6-18/h2-12,16-17,25H,13-14H2,1H3,(H2,24,26). The molecular formula is C23H23N5O. The Hall–Kier alpha value is -3.38. The summed E-state index contributed by atoms with van der Waals surface area (Å²) in [5.74, 6) is 2.11. The van der Waals surface area contributed by atoms with Crippen LogP contribution in [0.1, 0.15) is 18.9 Å². The van der Waals surface area contributed by atoms with E-state index in [9.17, 15) is 0 Å². The van der Waals surface area contributed by atoms with Crippen molar-refractivity contribution < 1.29 is 4.74 Å². The first-order chi connectivity index (χ1) is 14.2. The van der Waals surface area contributed by atoms with Gasteiger partial charge >= 0.3 is 0 Å². The molecule has 29 heavy (non-hydrogen) atoms. The zero-order valence-electron chi connectivity index (χ0n) is 16.2. The summed E-state index contributed by atoms with van der Waals surface area (Å²) in [6.07, 6.45) is 3.89. The van der Waals surface area contributed by atoms with Crippen molar-refractivity contribution in [2.75, 3.05) is 12.8 Å². The van der Waals surface area contributed by atoms with E-state index in [1.54, 1.807) is 6.20 Å². The van der Waals surface area contributed by atoms with Crippen molar-refractivity contribution in [2.24, 2.45) is 0 Å². The normalized spacial score (nSPS) is 18.5. The van der Waals surface area contributed by atoms with Crippen LogP contribution >= 0.6 is 0 Å². The second-order valence-electron chi connectivity index (χ2n) is 7.43. The largest absolute Gasteiger partial charge is 0.457 e. The Morgan fingerprint density at radius 2 is 1.72 bits per heavy atom. The van der Waals surface area contributed by atoms with E-state index in [-0.39, 0.29) is 0 Å². The number of fused-ring (bicyclic) bond motifs is 1. The molecule has 2 aromatic heterocycles. The predicted molar refractivity (Wildman–Crippen MR) is 115 cm³/mol. The third-order valence-electron chi connectivity index (χ3n) is 5.62. The highest BCUT2D eigenvalue weighted by atomic mass is 16.5. The number of nitrogens with one attached hydrogen (secondary N) is 1. The van der Waals surface area contributed by atoms with Crippen LogP contribution in [0.25, 0.3) is 22.2 Å². The molecule has 2 heterocycles. The smallest absolute Gasteiger partial charge is 0.135 e. The van der Waals surface area contributed by atoms with Gasteiger partial charge in [-0.05, 0) is 62.4 Å². The summed E-state index contributed by atoms with van der Waals surface area (Å²) in [5.41, 5.74) is 9.15. The van der Waals surface area contributed by atoms with Crippen molar-refractivity contribution in [2.45, 2.75) is 24.9 Å². The summed E-state index contributed by atoms with van der Waals surface area (Å²) in [4.78, 5) is 4.30. The third kappa shape index (κ3) is 3.21. The molecule has 146 valence electrons. The molecule has 2 aromatic carbocycles. The van der Waals surface area contributed by atoms with Crippen LogP contribution in [-0.4, -0.2) is 27.9 Å². The molecule has 1 aliphatic carbocycles. The minimum Gasteiger partial charge on any atom is -0.457 e. The van der Waals surface area contributed by atoms with Crippen LogP contribution in [-0.2, 0) is 0 Å². The molecule has 5 rings (SSSR count). The van der Waals surface area contributed by atoms with Crippen molar-refractivity contribution in [1.29, 1.82) is 0 Å². The Bertz CT molecular complexity index is 1130. The molecule has 4 aromatic rings. The fourth-order valence-corrected chi connectivity index (χ4v) is 3.92. The number of nitrogens with zero attached hydrogens (tertiary/aromatic N) is 3. The van der Waals surface area contributed by atoms with Crippen molar-refractivity contribution in [1.82, 2.24) is 20.1 Å². The summed E-state index contributed by atoms with van der Waals surface area (Å²) < 4.78 is 8.02. The molecule has 1 fully saturated rings. The van der Waals surface area contributed by atoms with Crippen LogP contribution in [0.15, 0.2) is 66.9 Å². The van der Waals surface area contributed by atoms with Crippen LogP contribution < -0.4 is 15.8 Å². The van der Waals surface area contributed by atoms with E-state index < -0.39 is 0 Å². The predicted octanol–water partition coefficient (Wildman–Crippen LogP) is 4.40. The lowest BCUT2D eigenvalue weighted by Crippen LogP contribution is -2.40. The molecule has 6 nitrogen and oxygen atoms in total. The number of nitrogens with two attached hydrogens (primary N) is 1. The van der Waals surface area contributed by atoms with Gasteiger partial charge in [0.1, 0.15) is 23.0 Å². The molecule has 0 radical (unpaired) electrons. The van der Waals surface area contributed by atoms with Crippen LogP contribution in [0.5, 0.6) is 11.5 Å². The Morgan fingerprint density at radius 1 is 1.00 bits per heavy atom. The summed E-state index contributed by atoms with van der Waals surface area (Å²) in [5, 5.41) is 9.20. The maximum absolute atomic E-state index is 6.25. The molecule has 1 aliphatic rings. The van der Waals surface area contributed by atoms with E-state index in [1.807, 2.05) is 67.7 Å². The number of pyridine rings is 1. The lowest BCUT2D eigenvalue weighted by atomic mass is 9.87. The van der Waals surface area contributed by atoms with Crippen LogP contribution in [0.2, 0.25) is 0 Å². The molecule has 1 saturated carbocycles. The fraction of sp³-hybridized carbons (Fsp3) is 0.217. The molecule has 6 heteroatoms. The number of benzene rings is 2. The van der Waals surface area contributed by atoms with Gasteiger partial charge in [-0.2, -0.15) is 5.10 Å². The van der Waals surface area contributed by atoms with E-state index in [4.69, 9.17) is 15.6 Å². The van der Waals surface area contributed by atoms with E-state index in [1.165, 1.54) is 0 Å². The molecule has 0 amide bonds. The lowest BCUT2D eigenvalue weighted by Gasteiger charge is -2.35. The number of hydrogen-bond acceptors (Lipinski definition) is 5. The molecule has 0 unspecified atom stereocenters. The van der Waals surface area contributed by atoms with Gasteiger partial charge in [0.15, 0.2) is 0 Å². The third-order valence-corrected chi connectivity index (χ3v) is 5.62. The highest BCUT2D eigenvalue weighted by Crippen LogP contribution is 2.39. The first kappa shape index (κ1) is 17.7. The molecular weight excluding hydrogens is 362 g/mol. The molecule has 0 spiro atoms. The molecule has 0 bridgehead atoms. The lowest BCUT2D eigenvalue weighted by molar-refractivity contribution is 0.225. The second-order valence-corrected chi connectivity index (χ2v) is 7.43. The zero-order chi connectivity index (χ0) is 19.8. The van der Waals surface area contributed by atoms with Gasteiger partial charge in [0, 0.05) is 17.8 Å². The maximum atomic E-state index is 6.25. The molecule has 0 aliphatic heterocycles. The van der Waals surface area contributed by atoms with Gasteiger partial charge < -0.3 is 15.8 Å². The number of hydrogen-bond donors (Lipinski definition) is 2. The van der Waals surface area contributed by atoms with Crippen molar-refractivity contribution >= 4 is 16.7 Å². The number of anilines is 1. The molecule has 0 atom stereocenters. The molecule has 0 saturated heterocycles. The number of nitrogen functional groups attached to an aromatic ring is 1. The van der Waals surface area contributed by atoms with Gasteiger partial charge in [-0.3, -0.25) is 4.68 Å². The monoisotopic (exact) mass is 385 g/mol. The van der Waals surface area contributed by atoms with Gasteiger partial charge in [0.25, 0.3) is 0 Å². The van der Waals surface area contributed by atoms with E-state index in [0.29, 0.717) is 17.9 Å². The van der Waals surface area contributed by atoms with Crippen LogP contribution in [0, 0.1) is 0 Å². The summed E-state index contributed by atoms with van der Waals surface area (Å²) in [6, 6.07) is 20.6. The quantitative estimate of drug-likeness (QED) is 0.532. The van der Waals surface area contributed by atoms with Crippen molar-refractivity contribution in [3.63, 3.8) is 0 Å². The summed E-state index contributed by atoms with van der Waals surface area (Å²) in [7, 11) is 2.01. The first-order valence-corrected chi connectivity index (χ1v) is 9.86. The second kappa shape index (κ2) is 7.22. The van der Waals surface area contributed by atoms with Crippen molar-refractivity contribution in [3.05, 3.63) is 66.9 Å². The minimum atomic E-state index is 0.381. The zero-order valence-corrected chi connectivity index (χ0v) is 16.2. The first-order valence-electron chi connectivity index (χ1n) is 9.86. The van der Waals surface area contributed by atoms with Gasteiger partial charge in [-0.15, -0.1) is 0 Å². The van der Waals surface area contributed by atoms with Crippen LogP contribution in [0.3, 0.4) is 0 Å². The Balaban J connectivity index is 1.50. The number of aromatic nitrogens is 3. The van der Waals surface area contributed by atoms with Gasteiger partial charge in [0.2, 0.25) is 0 Å². The highest BCUT2D eigenvalue weighted by Gasteiger charge is 2.32. The number of rotatable bonds is 5. The minimum absolute atomic E-state index is 0.381. The topological polar surface area (TPSA) is 78.0 Å². The average molecular weight is 385 g/mol. The van der Waals surface area contributed by atoms with Gasteiger partial charge in [-0.1, -0.05) is 18.2 Å². The van der Waals surface area contributed by atoms with E-state index in [2.05, 4.69) is 15.0 Å².